The van der Waals surface area contributed by atoms with Crippen LogP contribution in [0.15, 0.2) is 35.6 Å². The van der Waals surface area contributed by atoms with Crippen LogP contribution in [0.25, 0.3) is 11.3 Å². The molecule has 1 saturated carbocycles. The van der Waals surface area contributed by atoms with Crippen molar-refractivity contribution >= 4 is 40.4 Å². The summed E-state index contributed by atoms with van der Waals surface area (Å²) in [5.74, 6) is -7.40. The number of halogens is 1. The number of fused-ring (bicyclic) bond motifs is 3. The first kappa shape index (κ1) is 22.1. The number of ketones is 2. The number of hydrogen-bond acceptors (Lipinski definition) is 8. The molecule has 0 radical (unpaired) electrons. The number of phenolic OH excluding ortho intramolecular Hbond substituents is 1. The average molecular weight is 461 g/mol. The lowest BCUT2D eigenvalue weighted by Crippen LogP contribution is -2.65. The molecule has 3 aliphatic rings. The SMILES string of the molecule is C=C1c2c(Cl)ccc(O)c2C(O)=C2C(=O)[C@]3(O)C(O)=C(C(N)=O)C(=O)[C@@H](N(C)C)[C@@H]3C[C@H]12. The molecule has 4 atom stereocenters. The van der Waals surface area contributed by atoms with Gasteiger partial charge in [-0.2, -0.15) is 0 Å². The summed E-state index contributed by atoms with van der Waals surface area (Å²) in [6.07, 6.45) is -0.0867. The van der Waals surface area contributed by atoms with Gasteiger partial charge in [-0.15, -0.1) is 0 Å². The van der Waals surface area contributed by atoms with E-state index in [1.807, 2.05) is 0 Å². The van der Waals surface area contributed by atoms with E-state index in [2.05, 4.69) is 6.58 Å². The second-order valence-electron chi connectivity index (χ2n) is 8.45. The maximum Gasteiger partial charge on any atom is 0.255 e. The van der Waals surface area contributed by atoms with Crippen molar-refractivity contribution < 1.29 is 34.8 Å². The van der Waals surface area contributed by atoms with Crippen LogP contribution in [0.5, 0.6) is 5.75 Å². The number of nitrogens with zero attached hydrogens (tertiary/aromatic N) is 1. The molecular weight excluding hydrogens is 440 g/mol. The number of likely N-dealkylation sites (N-methyl/N-ethyl adjacent to an activating group) is 1. The summed E-state index contributed by atoms with van der Waals surface area (Å²) in [6, 6.07) is 1.49. The van der Waals surface area contributed by atoms with E-state index in [1.54, 1.807) is 0 Å². The van der Waals surface area contributed by atoms with Gasteiger partial charge in [-0.25, -0.2) is 0 Å². The van der Waals surface area contributed by atoms with Crippen molar-refractivity contribution in [3.05, 3.63) is 51.8 Å². The molecule has 0 bridgehead atoms. The molecule has 0 heterocycles. The quantitative estimate of drug-likeness (QED) is 0.410. The lowest BCUT2D eigenvalue weighted by atomic mass is 9.56. The van der Waals surface area contributed by atoms with Crippen LogP contribution < -0.4 is 5.73 Å². The van der Waals surface area contributed by atoms with Crippen LogP contribution in [0.1, 0.15) is 17.5 Å². The molecule has 3 aliphatic carbocycles. The third-order valence-electron chi connectivity index (χ3n) is 6.63. The van der Waals surface area contributed by atoms with Gasteiger partial charge in [-0.05, 0) is 38.2 Å². The van der Waals surface area contributed by atoms with Crippen LogP contribution in [0, 0.1) is 11.8 Å². The van der Waals surface area contributed by atoms with E-state index in [4.69, 9.17) is 17.3 Å². The molecule has 1 aromatic carbocycles. The third kappa shape index (κ3) is 2.55. The average Bonchev–Trinajstić information content (AvgIpc) is 2.69. The van der Waals surface area contributed by atoms with Gasteiger partial charge in [0.25, 0.3) is 5.91 Å². The second-order valence-corrected chi connectivity index (χ2v) is 8.86. The first-order valence-corrected chi connectivity index (χ1v) is 10.1. The molecule has 0 unspecified atom stereocenters. The lowest BCUT2D eigenvalue weighted by Gasteiger charge is -2.50. The minimum atomic E-state index is -2.70. The summed E-state index contributed by atoms with van der Waals surface area (Å²) in [5.41, 5.74) is 1.84. The number of nitrogens with two attached hydrogens (primary N) is 1. The number of carbonyl (C=O) groups is 3. The summed E-state index contributed by atoms with van der Waals surface area (Å²) in [4.78, 5) is 40.0. The van der Waals surface area contributed by atoms with Crippen molar-refractivity contribution in [3.8, 4) is 5.75 Å². The summed E-state index contributed by atoms with van der Waals surface area (Å²) >= 11 is 6.28. The number of carbonyl (C=O) groups excluding carboxylic acids is 3. The molecule has 1 aromatic rings. The number of aliphatic hydroxyl groups excluding tert-OH is 2. The number of primary amides is 1. The Hall–Kier alpha value is -3.14. The van der Waals surface area contributed by atoms with Crippen molar-refractivity contribution in [1.29, 1.82) is 0 Å². The Morgan fingerprint density at radius 2 is 1.84 bits per heavy atom. The lowest BCUT2D eigenvalue weighted by molar-refractivity contribution is -0.152. The number of Topliss-reactive ketones (excluding diaryl/α,β-unsaturated/α-hetero) is 2. The molecule has 1 fully saturated rings. The number of rotatable bonds is 2. The van der Waals surface area contributed by atoms with Gasteiger partial charge in [-0.3, -0.25) is 19.3 Å². The van der Waals surface area contributed by atoms with Crippen molar-refractivity contribution in [1.82, 2.24) is 4.90 Å². The molecule has 9 nitrogen and oxygen atoms in total. The standard InChI is InChI=1S/C22H21ClN2O7/c1-7-8-6-9-16(25(2)3)18(28)15(21(24)31)20(30)22(9,32)19(29)13(8)17(27)14-11(26)5-4-10(23)12(7)14/h4-5,8-9,16,26-27,30,32H,1,6H2,2-3H3,(H2,24,31)/t8-,9+,16+,22+/m1/s1. The molecule has 6 N–H and O–H groups in total. The smallest absolute Gasteiger partial charge is 0.255 e. The number of aromatic hydroxyl groups is 1. The van der Waals surface area contributed by atoms with Gasteiger partial charge in [0.2, 0.25) is 5.78 Å². The van der Waals surface area contributed by atoms with Gasteiger partial charge in [0.05, 0.1) is 11.6 Å². The van der Waals surface area contributed by atoms with E-state index in [1.165, 1.54) is 31.1 Å². The molecule has 32 heavy (non-hydrogen) atoms. The molecule has 0 spiro atoms. The van der Waals surface area contributed by atoms with Crippen molar-refractivity contribution in [2.24, 2.45) is 17.6 Å². The number of aliphatic hydroxyl groups is 3. The molecule has 0 aliphatic heterocycles. The first-order chi connectivity index (χ1) is 14.8. The predicted octanol–water partition coefficient (Wildman–Crippen LogP) is 1.09. The van der Waals surface area contributed by atoms with Gasteiger partial charge in [0, 0.05) is 28.0 Å². The van der Waals surface area contributed by atoms with Crippen molar-refractivity contribution in [2.75, 3.05) is 14.1 Å². The zero-order valence-corrected chi connectivity index (χ0v) is 18.0. The first-order valence-electron chi connectivity index (χ1n) is 9.71. The highest BCUT2D eigenvalue weighted by Crippen LogP contribution is 2.56. The van der Waals surface area contributed by atoms with E-state index in [9.17, 15) is 34.8 Å². The zero-order valence-electron chi connectivity index (χ0n) is 17.2. The van der Waals surface area contributed by atoms with Gasteiger partial charge in [0.1, 0.15) is 22.8 Å². The van der Waals surface area contributed by atoms with Crippen molar-refractivity contribution in [3.63, 3.8) is 0 Å². The van der Waals surface area contributed by atoms with Crippen LogP contribution in [0.4, 0.5) is 0 Å². The molecule has 10 heteroatoms. The van der Waals surface area contributed by atoms with E-state index in [-0.39, 0.29) is 33.9 Å². The Bertz CT molecular complexity index is 1200. The highest BCUT2D eigenvalue weighted by atomic mass is 35.5. The molecular formula is C22H21ClN2O7. The predicted molar refractivity (Wildman–Crippen MR) is 115 cm³/mol. The molecule has 4 rings (SSSR count). The minimum absolute atomic E-state index is 0.0867. The minimum Gasteiger partial charge on any atom is -0.508 e. The largest absolute Gasteiger partial charge is 0.508 e. The molecule has 168 valence electrons. The van der Waals surface area contributed by atoms with E-state index in [0.717, 1.165) is 0 Å². The van der Waals surface area contributed by atoms with E-state index >= 15 is 0 Å². The topological polar surface area (TPSA) is 161 Å². The monoisotopic (exact) mass is 460 g/mol. The van der Waals surface area contributed by atoms with Crippen LogP contribution >= 0.6 is 11.6 Å². The van der Waals surface area contributed by atoms with Gasteiger partial charge >= 0.3 is 0 Å². The summed E-state index contributed by atoms with van der Waals surface area (Å²) in [6.45, 7) is 4.00. The van der Waals surface area contributed by atoms with Crippen LogP contribution in [0.3, 0.4) is 0 Å². The Morgan fingerprint density at radius 3 is 2.41 bits per heavy atom. The fourth-order valence-electron chi connectivity index (χ4n) is 5.20. The number of amides is 1. The maximum absolute atomic E-state index is 13.6. The molecule has 0 aromatic heterocycles. The zero-order chi connectivity index (χ0) is 23.9. The van der Waals surface area contributed by atoms with E-state index in [0.29, 0.717) is 5.57 Å². The highest BCUT2D eigenvalue weighted by Gasteiger charge is 2.64. The summed E-state index contributed by atoms with van der Waals surface area (Å²) < 4.78 is 0. The number of phenols is 1. The van der Waals surface area contributed by atoms with Crippen LogP contribution in [-0.2, 0) is 14.4 Å². The van der Waals surface area contributed by atoms with Crippen LogP contribution in [-0.4, -0.2) is 68.5 Å². The molecule has 1 amide bonds. The Balaban J connectivity index is 2.04. The Morgan fingerprint density at radius 1 is 1.22 bits per heavy atom. The third-order valence-corrected chi connectivity index (χ3v) is 6.94. The fourth-order valence-corrected chi connectivity index (χ4v) is 5.48. The summed E-state index contributed by atoms with van der Waals surface area (Å²) in [5, 5.41) is 43.7. The normalized spacial score (nSPS) is 29.8. The van der Waals surface area contributed by atoms with Gasteiger partial charge in [-0.1, -0.05) is 18.2 Å². The number of benzene rings is 1. The maximum atomic E-state index is 13.6. The number of hydrogen-bond donors (Lipinski definition) is 5. The van der Waals surface area contributed by atoms with Gasteiger partial charge in [0.15, 0.2) is 11.4 Å². The second kappa shape index (κ2) is 6.93. The Labute approximate surface area is 187 Å². The van der Waals surface area contributed by atoms with Crippen LogP contribution in [0.2, 0.25) is 5.02 Å². The van der Waals surface area contributed by atoms with Gasteiger partial charge < -0.3 is 26.2 Å². The Kier molecular flexibility index (Phi) is 4.78. The molecule has 0 saturated heterocycles. The summed E-state index contributed by atoms with van der Waals surface area (Å²) in [7, 11) is 3.05. The fraction of sp³-hybridized carbons (Fsp3) is 0.318. The number of allylic oxidation sites excluding steroid dienone is 1. The van der Waals surface area contributed by atoms with Crippen molar-refractivity contribution in [2.45, 2.75) is 18.1 Å². The van der Waals surface area contributed by atoms with E-state index < -0.39 is 58.0 Å². The highest BCUT2D eigenvalue weighted by molar-refractivity contribution is 6.33.